The summed E-state index contributed by atoms with van der Waals surface area (Å²) in [5, 5.41) is 5.54. The van der Waals surface area contributed by atoms with Crippen LogP contribution in [0.4, 0.5) is 13.6 Å². The number of amides is 2. The quantitative estimate of drug-likeness (QED) is 0.828. The SMILES string of the molecule is Cc1csc(CN(C)C(=O)NCc2ccnc(OCC(F)F)c2)n1. The average Bonchev–Trinajstić information content (AvgIpc) is 2.96. The Morgan fingerprint density at radius 2 is 2.29 bits per heavy atom. The van der Waals surface area contributed by atoms with Gasteiger partial charge in [-0.2, -0.15) is 0 Å². The second-order valence-corrected chi connectivity index (χ2v) is 6.04. The Balaban J connectivity index is 1.83. The number of alkyl halides is 2. The minimum atomic E-state index is -2.56. The monoisotopic (exact) mass is 356 g/mol. The topological polar surface area (TPSA) is 67.4 Å². The van der Waals surface area contributed by atoms with Crippen molar-refractivity contribution in [1.29, 1.82) is 0 Å². The molecule has 0 radical (unpaired) electrons. The van der Waals surface area contributed by atoms with Crippen LogP contribution in [0, 0.1) is 6.92 Å². The van der Waals surface area contributed by atoms with Gasteiger partial charge in [0.25, 0.3) is 6.43 Å². The third kappa shape index (κ3) is 5.73. The number of rotatable bonds is 7. The number of halogens is 2. The molecule has 6 nitrogen and oxygen atoms in total. The Hall–Kier alpha value is -2.29. The highest BCUT2D eigenvalue weighted by molar-refractivity contribution is 7.09. The molecule has 0 spiro atoms. The molecule has 9 heteroatoms. The predicted octanol–water partition coefficient (Wildman–Crippen LogP) is 2.83. The van der Waals surface area contributed by atoms with Crippen molar-refractivity contribution < 1.29 is 18.3 Å². The van der Waals surface area contributed by atoms with Crippen LogP contribution in [-0.2, 0) is 13.1 Å². The number of ether oxygens (including phenoxy) is 1. The van der Waals surface area contributed by atoms with Gasteiger partial charge < -0.3 is 15.0 Å². The van der Waals surface area contributed by atoms with E-state index < -0.39 is 13.0 Å². The third-order valence-corrected chi connectivity index (χ3v) is 3.94. The summed E-state index contributed by atoms with van der Waals surface area (Å²) >= 11 is 1.50. The molecule has 0 aliphatic heterocycles. The summed E-state index contributed by atoms with van der Waals surface area (Å²) in [6.07, 6.45) is -1.11. The lowest BCUT2D eigenvalue weighted by molar-refractivity contribution is 0.0795. The molecule has 2 rings (SSSR count). The maximum atomic E-state index is 12.1. The van der Waals surface area contributed by atoms with Gasteiger partial charge in [0.15, 0.2) is 6.61 Å². The van der Waals surface area contributed by atoms with Gasteiger partial charge >= 0.3 is 6.03 Å². The molecule has 0 atom stereocenters. The first-order valence-corrected chi connectivity index (χ1v) is 8.08. The van der Waals surface area contributed by atoms with Crippen molar-refractivity contribution in [1.82, 2.24) is 20.2 Å². The lowest BCUT2D eigenvalue weighted by Gasteiger charge is -2.16. The molecular weight excluding hydrogens is 338 g/mol. The number of carbonyl (C=O) groups is 1. The van der Waals surface area contributed by atoms with Crippen LogP contribution < -0.4 is 10.1 Å². The molecule has 0 aliphatic carbocycles. The number of urea groups is 1. The van der Waals surface area contributed by atoms with Crippen LogP contribution in [-0.4, -0.2) is 41.0 Å². The maximum absolute atomic E-state index is 12.1. The molecule has 0 aliphatic rings. The molecular formula is C15H18F2N4O2S. The first-order valence-electron chi connectivity index (χ1n) is 7.20. The Morgan fingerprint density at radius 1 is 1.50 bits per heavy atom. The molecule has 0 saturated carbocycles. The van der Waals surface area contributed by atoms with Gasteiger partial charge in [-0.25, -0.2) is 23.5 Å². The average molecular weight is 356 g/mol. The predicted molar refractivity (Wildman–Crippen MR) is 86.3 cm³/mol. The van der Waals surface area contributed by atoms with E-state index in [1.165, 1.54) is 28.5 Å². The summed E-state index contributed by atoms with van der Waals surface area (Å²) in [4.78, 5) is 21.7. The van der Waals surface area contributed by atoms with E-state index in [0.717, 1.165) is 10.7 Å². The lowest BCUT2D eigenvalue weighted by Crippen LogP contribution is -2.36. The van der Waals surface area contributed by atoms with Crippen LogP contribution in [0.25, 0.3) is 0 Å². The van der Waals surface area contributed by atoms with Gasteiger partial charge in [0.1, 0.15) is 5.01 Å². The molecule has 0 bridgehead atoms. The molecule has 1 N–H and O–H groups in total. The first-order chi connectivity index (χ1) is 11.4. The molecule has 0 aromatic carbocycles. The molecule has 0 fully saturated rings. The molecule has 2 heterocycles. The van der Waals surface area contributed by atoms with Crippen molar-refractivity contribution >= 4 is 17.4 Å². The number of thiazole rings is 1. The van der Waals surface area contributed by atoms with Crippen molar-refractivity contribution in [2.45, 2.75) is 26.4 Å². The van der Waals surface area contributed by atoms with Crippen molar-refractivity contribution in [2.24, 2.45) is 0 Å². The van der Waals surface area contributed by atoms with Gasteiger partial charge in [-0.1, -0.05) is 0 Å². The fourth-order valence-corrected chi connectivity index (χ4v) is 2.67. The minimum absolute atomic E-state index is 0.105. The Morgan fingerprint density at radius 3 is 2.96 bits per heavy atom. The molecule has 24 heavy (non-hydrogen) atoms. The number of aryl methyl sites for hydroxylation is 1. The highest BCUT2D eigenvalue weighted by Gasteiger charge is 2.11. The number of nitrogens with one attached hydrogen (secondary N) is 1. The highest BCUT2D eigenvalue weighted by atomic mass is 32.1. The summed E-state index contributed by atoms with van der Waals surface area (Å²) in [6, 6.07) is 2.95. The van der Waals surface area contributed by atoms with Crippen LogP contribution >= 0.6 is 11.3 Å². The summed E-state index contributed by atoms with van der Waals surface area (Å²) in [5.41, 5.74) is 1.64. The van der Waals surface area contributed by atoms with Crippen molar-refractivity contribution in [2.75, 3.05) is 13.7 Å². The van der Waals surface area contributed by atoms with Crippen LogP contribution in [0.1, 0.15) is 16.3 Å². The Bertz CT molecular complexity index is 681. The normalized spacial score (nSPS) is 10.7. The summed E-state index contributed by atoms with van der Waals surface area (Å²) in [6.45, 7) is 1.85. The highest BCUT2D eigenvalue weighted by Crippen LogP contribution is 2.12. The van der Waals surface area contributed by atoms with Crippen LogP contribution in [0.3, 0.4) is 0 Å². The molecule has 130 valence electrons. The van der Waals surface area contributed by atoms with Crippen LogP contribution in [0.15, 0.2) is 23.7 Å². The molecule has 2 aromatic heterocycles. The molecule has 2 aromatic rings. The van der Waals surface area contributed by atoms with Crippen molar-refractivity contribution in [3.8, 4) is 5.88 Å². The van der Waals surface area contributed by atoms with Crippen LogP contribution in [0.2, 0.25) is 0 Å². The largest absolute Gasteiger partial charge is 0.472 e. The zero-order chi connectivity index (χ0) is 17.5. The smallest absolute Gasteiger partial charge is 0.317 e. The van der Waals surface area contributed by atoms with Gasteiger partial charge in [-0.15, -0.1) is 11.3 Å². The number of aromatic nitrogens is 2. The number of hydrogen-bond acceptors (Lipinski definition) is 5. The first kappa shape index (κ1) is 18.1. The zero-order valence-corrected chi connectivity index (χ0v) is 14.1. The van der Waals surface area contributed by atoms with Crippen LogP contribution in [0.5, 0.6) is 5.88 Å². The second kappa shape index (κ2) is 8.53. The minimum Gasteiger partial charge on any atom is -0.472 e. The molecule has 0 saturated heterocycles. The van der Waals surface area contributed by atoms with E-state index in [1.807, 2.05) is 12.3 Å². The summed E-state index contributed by atoms with van der Waals surface area (Å²) in [5.74, 6) is 0.105. The molecule has 0 unspecified atom stereocenters. The number of carbonyl (C=O) groups excluding carboxylic acids is 1. The second-order valence-electron chi connectivity index (χ2n) is 5.10. The Kier molecular flexibility index (Phi) is 6.42. The number of nitrogens with zero attached hydrogens (tertiary/aromatic N) is 3. The van der Waals surface area contributed by atoms with E-state index in [-0.39, 0.29) is 18.5 Å². The van der Waals surface area contributed by atoms with E-state index in [4.69, 9.17) is 4.74 Å². The van der Waals surface area contributed by atoms with E-state index in [2.05, 4.69) is 15.3 Å². The number of pyridine rings is 1. The van der Waals surface area contributed by atoms with E-state index in [9.17, 15) is 13.6 Å². The Labute approximate surface area is 142 Å². The van der Waals surface area contributed by atoms with Gasteiger partial charge in [0.05, 0.1) is 6.54 Å². The van der Waals surface area contributed by atoms with Gasteiger partial charge in [-0.3, -0.25) is 0 Å². The maximum Gasteiger partial charge on any atom is 0.317 e. The molecule has 2 amide bonds. The fraction of sp³-hybridized carbons (Fsp3) is 0.400. The van der Waals surface area contributed by atoms with E-state index in [0.29, 0.717) is 12.1 Å². The fourth-order valence-electron chi connectivity index (χ4n) is 1.85. The summed E-state index contributed by atoms with van der Waals surface area (Å²) in [7, 11) is 1.68. The van der Waals surface area contributed by atoms with Crippen molar-refractivity contribution in [3.63, 3.8) is 0 Å². The van der Waals surface area contributed by atoms with Gasteiger partial charge in [-0.05, 0) is 18.6 Å². The standard InChI is InChI=1S/C15H18F2N4O2S/c1-10-9-24-14(20-10)7-21(2)15(22)19-6-11-3-4-18-13(5-11)23-8-12(16)17/h3-5,9,12H,6-8H2,1-2H3,(H,19,22). The van der Waals surface area contributed by atoms with Gasteiger partial charge in [0.2, 0.25) is 5.88 Å². The van der Waals surface area contributed by atoms with E-state index >= 15 is 0 Å². The van der Waals surface area contributed by atoms with Gasteiger partial charge in [0, 0.05) is 36.9 Å². The number of hydrogen-bond donors (Lipinski definition) is 1. The summed E-state index contributed by atoms with van der Waals surface area (Å²) < 4.78 is 29.1. The lowest BCUT2D eigenvalue weighted by atomic mass is 10.2. The third-order valence-electron chi connectivity index (χ3n) is 2.99. The van der Waals surface area contributed by atoms with Crippen molar-refractivity contribution in [3.05, 3.63) is 40.0 Å². The van der Waals surface area contributed by atoms with E-state index in [1.54, 1.807) is 13.1 Å². The zero-order valence-electron chi connectivity index (χ0n) is 13.3.